The van der Waals surface area contributed by atoms with Gasteiger partial charge in [0, 0.05) is 13.1 Å². The maximum atomic E-state index is 5.38. The van der Waals surface area contributed by atoms with Crippen molar-refractivity contribution in [3.05, 3.63) is 16.4 Å². The van der Waals surface area contributed by atoms with Crippen LogP contribution in [0.1, 0.15) is 5.69 Å². The van der Waals surface area contributed by atoms with E-state index < -0.39 is 0 Å². The zero-order valence-corrected chi connectivity index (χ0v) is 7.74. The first-order chi connectivity index (χ1) is 4.61. The average molecular weight is 220 g/mol. The van der Waals surface area contributed by atoms with Crippen LogP contribution in [0.15, 0.2) is 10.7 Å². The Bertz CT molecular complexity index is 268. The van der Waals surface area contributed by atoms with Gasteiger partial charge in [-0.15, -0.1) is 0 Å². The summed E-state index contributed by atoms with van der Waals surface area (Å²) in [4.78, 5) is 0.362. The van der Waals surface area contributed by atoms with E-state index in [0.717, 1.165) is 10.3 Å². The molecule has 1 rings (SSSR count). The van der Waals surface area contributed by atoms with E-state index in [2.05, 4.69) is 21.0 Å². The Balaban J connectivity index is 3.15. The lowest BCUT2D eigenvalue weighted by atomic mass is 10.4. The number of hydrogen-bond acceptors (Lipinski definition) is 2. The molecule has 0 aliphatic rings. The van der Waals surface area contributed by atoms with E-state index in [1.165, 1.54) is 0 Å². The SMILES string of the molecule is Cn1nc(Br)cc1C(N)=S. The van der Waals surface area contributed by atoms with Crippen LogP contribution in [0, 0.1) is 0 Å². The first-order valence-corrected chi connectivity index (χ1v) is 3.80. The van der Waals surface area contributed by atoms with Gasteiger partial charge in [-0.2, -0.15) is 5.10 Å². The van der Waals surface area contributed by atoms with Gasteiger partial charge < -0.3 is 5.73 Å². The van der Waals surface area contributed by atoms with Crippen molar-refractivity contribution in [1.82, 2.24) is 9.78 Å². The van der Waals surface area contributed by atoms with Gasteiger partial charge in [0.1, 0.15) is 9.59 Å². The molecule has 0 spiro atoms. The van der Waals surface area contributed by atoms with E-state index in [-0.39, 0.29) is 0 Å². The maximum Gasteiger partial charge on any atom is 0.128 e. The maximum absolute atomic E-state index is 5.38. The summed E-state index contributed by atoms with van der Waals surface area (Å²) in [5.74, 6) is 0. The molecule has 2 N–H and O–H groups in total. The topological polar surface area (TPSA) is 43.8 Å². The van der Waals surface area contributed by atoms with Crippen molar-refractivity contribution >= 4 is 33.1 Å². The quantitative estimate of drug-likeness (QED) is 0.712. The lowest BCUT2D eigenvalue weighted by Gasteiger charge is -1.94. The number of nitrogens with two attached hydrogens (primary N) is 1. The Hall–Kier alpha value is -0.420. The molecule has 1 heterocycles. The van der Waals surface area contributed by atoms with Crippen molar-refractivity contribution in [3.8, 4) is 0 Å². The summed E-state index contributed by atoms with van der Waals surface area (Å²) in [6.07, 6.45) is 0. The zero-order valence-electron chi connectivity index (χ0n) is 5.34. The van der Waals surface area contributed by atoms with Crippen LogP contribution in [0.3, 0.4) is 0 Å². The Morgan fingerprint density at radius 1 is 1.90 bits per heavy atom. The monoisotopic (exact) mass is 219 g/mol. The molecule has 1 aromatic heterocycles. The van der Waals surface area contributed by atoms with Gasteiger partial charge in [-0.1, -0.05) is 12.2 Å². The Kier molecular flexibility index (Phi) is 2.05. The van der Waals surface area contributed by atoms with E-state index >= 15 is 0 Å². The Morgan fingerprint density at radius 2 is 2.50 bits per heavy atom. The van der Waals surface area contributed by atoms with Crippen molar-refractivity contribution < 1.29 is 0 Å². The molecule has 0 fully saturated rings. The van der Waals surface area contributed by atoms with Gasteiger partial charge in [0.05, 0.1) is 5.69 Å². The lowest BCUT2D eigenvalue weighted by Crippen LogP contribution is -2.14. The van der Waals surface area contributed by atoms with Gasteiger partial charge >= 0.3 is 0 Å². The smallest absolute Gasteiger partial charge is 0.128 e. The minimum absolute atomic E-state index is 0.362. The largest absolute Gasteiger partial charge is 0.388 e. The summed E-state index contributed by atoms with van der Waals surface area (Å²) in [5, 5.41) is 4.00. The van der Waals surface area contributed by atoms with Crippen molar-refractivity contribution in [1.29, 1.82) is 0 Å². The fraction of sp³-hybridized carbons (Fsp3) is 0.200. The molecule has 0 radical (unpaired) electrons. The molecule has 0 aliphatic heterocycles. The highest BCUT2D eigenvalue weighted by Crippen LogP contribution is 2.08. The minimum Gasteiger partial charge on any atom is -0.388 e. The molecule has 0 saturated heterocycles. The third-order valence-electron chi connectivity index (χ3n) is 1.10. The van der Waals surface area contributed by atoms with Crippen LogP contribution in [0.5, 0.6) is 0 Å². The lowest BCUT2D eigenvalue weighted by molar-refractivity contribution is 0.754. The first kappa shape index (κ1) is 7.68. The number of nitrogens with zero attached hydrogens (tertiary/aromatic N) is 2. The average Bonchev–Trinajstić information content (AvgIpc) is 2.10. The van der Waals surface area contributed by atoms with E-state index in [4.69, 9.17) is 18.0 Å². The summed E-state index contributed by atoms with van der Waals surface area (Å²) < 4.78 is 2.38. The fourth-order valence-electron chi connectivity index (χ4n) is 0.663. The molecule has 0 atom stereocenters. The highest BCUT2D eigenvalue weighted by Gasteiger charge is 2.03. The molecule has 0 saturated carbocycles. The zero-order chi connectivity index (χ0) is 7.72. The Morgan fingerprint density at radius 3 is 2.70 bits per heavy atom. The van der Waals surface area contributed by atoms with Gasteiger partial charge in [-0.05, 0) is 15.9 Å². The van der Waals surface area contributed by atoms with Gasteiger partial charge in [0.2, 0.25) is 0 Å². The molecule has 54 valence electrons. The predicted octanol–water partition coefficient (Wildman–Crippen LogP) is 0.817. The van der Waals surface area contributed by atoms with Crippen molar-refractivity contribution in [3.63, 3.8) is 0 Å². The summed E-state index contributed by atoms with van der Waals surface area (Å²) in [5.41, 5.74) is 6.14. The number of aromatic nitrogens is 2. The number of halogens is 1. The standard InChI is InChI=1S/C5H6BrN3S/c1-9-3(5(7)10)2-4(6)8-9/h2H,1H3,(H2,7,10). The highest BCUT2D eigenvalue weighted by atomic mass is 79.9. The van der Waals surface area contributed by atoms with Gasteiger partial charge in [0.25, 0.3) is 0 Å². The van der Waals surface area contributed by atoms with Gasteiger partial charge in [0.15, 0.2) is 0 Å². The van der Waals surface area contributed by atoms with E-state index in [1.807, 2.05) is 0 Å². The van der Waals surface area contributed by atoms with Crippen LogP contribution in [-0.4, -0.2) is 14.8 Å². The summed E-state index contributed by atoms with van der Waals surface area (Å²) in [6.45, 7) is 0. The molecule has 5 heteroatoms. The fourth-order valence-corrected chi connectivity index (χ4v) is 1.31. The summed E-state index contributed by atoms with van der Waals surface area (Å²) in [7, 11) is 1.79. The first-order valence-electron chi connectivity index (χ1n) is 2.60. The van der Waals surface area contributed by atoms with E-state index in [0.29, 0.717) is 4.99 Å². The third-order valence-corrected chi connectivity index (χ3v) is 1.70. The number of aryl methyl sites for hydroxylation is 1. The molecule has 0 aliphatic carbocycles. The van der Waals surface area contributed by atoms with Crippen LogP contribution in [0.4, 0.5) is 0 Å². The van der Waals surface area contributed by atoms with Crippen LogP contribution in [-0.2, 0) is 7.05 Å². The minimum atomic E-state index is 0.362. The molecular weight excluding hydrogens is 214 g/mol. The van der Waals surface area contributed by atoms with Gasteiger partial charge in [-0.25, -0.2) is 0 Å². The molecule has 0 unspecified atom stereocenters. The van der Waals surface area contributed by atoms with Crippen LogP contribution in [0.2, 0.25) is 0 Å². The van der Waals surface area contributed by atoms with Crippen LogP contribution in [0.25, 0.3) is 0 Å². The molecule has 0 amide bonds. The van der Waals surface area contributed by atoms with Gasteiger partial charge in [-0.3, -0.25) is 4.68 Å². The molecular formula is C5H6BrN3S. The number of hydrogen-bond donors (Lipinski definition) is 1. The second kappa shape index (κ2) is 2.67. The number of thiocarbonyl (C=S) groups is 1. The number of rotatable bonds is 1. The second-order valence-electron chi connectivity index (χ2n) is 1.84. The Labute approximate surface area is 72.3 Å². The second-order valence-corrected chi connectivity index (χ2v) is 3.09. The highest BCUT2D eigenvalue weighted by molar-refractivity contribution is 9.10. The van der Waals surface area contributed by atoms with E-state index in [1.54, 1.807) is 17.8 Å². The van der Waals surface area contributed by atoms with Crippen LogP contribution < -0.4 is 5.73 Å². The predicted molar refractivity (Wildman–Crippen MR) is 46.8 cm³/mol. The van der Waals surface area contributed by atoms with Crippen LogP contribution >= 0.6 is 28.1 Å². The summed E-state index contributed by atoms with van der Waals surface area (Å²) in [6, 6.07) is 1.78. The molecule has 0 aromatic carbocycles. The van der Waals surface area contributed by atoms with Crippen molar-refractivity contribution in [2.24, 2.45) is 12.8 Å². The van der Waals surface area contributed by atoms with Crippen molar-refractivity contribution in [2.45, 2.75) is 0 Å². The van der Waals surface area contributed by atoms with E-state index in [9.17, 15) is 0 Å². The molecule has 3 nitrogen and oxygen atoms in total. The third kappa shape index (κ3) is 1.35. The molecule has 0 bridgehead atoms. The van der Waals surface area contributed by atoms with Crippen molar-refractivity contribution in [2.75, 3.05) is 0 Å². The molecule has 10 heavy (non-hydrogen) atoms. The molecule has 1 aromatic rings. The summed E-state index contributed by atoms with van der Waals surface area (Å²) >= 11 is 7.96. The normalized spacial score (nSPS) is 9.80.